The normalized spacial score (nSPS) is 10.7. The van der Waals surface area contributed by atoms with E-state index in [1.807, 2.05) is 50.7 Å². The molecule has 1 amide bonds. The standard InChI is InChI=1S/C15H18BrN3O/c1-9-5-6-12(16)7-13(9)15(20)17-8-14-10(2)18-19(4)11(14)3/h5-7H,8H2,1-4H3,(H,17,20). The molecule has 1 N–H and O–H groups in total. The van der Waals surface area contributed by atoms with Crippen molar-refractivity contribution in [3.8, 4) is 0 Å². The fourth-order valence-electron chi connectivity index (χ4n) is 2.18. The Morgan fingerprint density at radius 3 is 2.65 bits per heavy atom. The Balaban J connectivity index is 2.15. The van der Waals surface area contributed by atoms with Crippen LogP contribution in [0.4, 0.5) is 0 Å². The molecule has 0 aliphatic rings. The molecular formula is C15H18BrN3O. The quantitative estimate of drug-likeness (QED) is 0.937. The molecule has 1 aromatic carbocycles. The molecule has 0 bridgehead atoms. The molecule has 0 spiro atoms. The summed E-state index contributed by atoms with van der Waals surface area (Å²) in [6, 6.07) is 5.70. The minimum absolute atomic E-state index is 0.0635. The van der Waals surface area contributed by atoms with Gasteiger partial charge in [0, 0.05) is 34.9 Å². The monoisotopic (exact) mass is 335 g/mol. The topological polar surface area (TPSA) is 46.9 Å². The summed E-state index contributed by atoms with van der Waals surface area (Å²) in [5.74, 6) is -0.0635. The number of aryl methyl sites for hydroxylation is 3. The van der Waals surface area contributed by atoms with E-state index in [0.29, 0.717) is 12.1 Å². The Hall–Kier alpha value is -1.62. The number of benzene rings is 1. The molecule has 0 atom stereocenters. The zero-order valence-corrected chi connectivity index (χ0v) is 13.7. The lowest BCUT2D eigenvalue weighted by atomic mass is 10.1. The second-order valence-electron chi connectivity index (χ2n) is 4.91. The molecular weight excluding hydrogens is 318 g/mol. The van der Waals surface area contributed by atoms with Gasteiger partial charge in [-0.05, 0) is 38.5 Å². The molecule has 0 saturated carbocycles. The van der Waals surface area contributed by atoms with E-state index in [2.05, 4.69) is 26.3 Å². The van der Waals surface area contributed by atoms with E-state index in [9.17, 15) is 4.79 Å². The third kappa shape index (κ3) is 2.93. The highest BCUT2D eigenvalue weighted by atomic mass is 79.9. The second-order valence-corrected chi connectivity index (χ2v) is 5.83. The van der Waals surface area contributed by atoms with Crippen LogP contribution < -0.4 is 5.32 Å². The summed E-state index contributed by atoms with van der Waals surface area (Å²) in [5, 5.41) is 7.32. The van der Waals surface area contributed by atoms with Gasteiger partial charge in [-0.2, -0.15) is 5.10 Å². The van der Waals surface area contributed by atoms with E-state index >= 15 is 0 Å². The summed E-state index contributed by atoms with van der Waals surface area (Å²) < 4.78 is 2.74. The summed E-state index contributed by atoms with van der Waals surface area (Å²) in [4.78, 5) is 12.3. The summed E-state index contributed by atoms with van der Waals surface area (Å²) >= 11 is 3.39. The first kappa shape index (κ1) is 14.8. The van der Waals surface area contributed by atoms with Crippen molar-refractivity contribution in [1.29, 1.82) is 0 Å². The minimum atomic E-state index is -0.0635. The van der Waals surface area contributed by atoms with E-state index in [4.69, 9.17) is 0 Å². The average molecular weight is 336 g/mol. The Morgan fingerprint density at radius 2 is 2.05 bits per heavy atom. The van der Waals surface area contributed by atoms with Gasteiger partial charge in [-0.1, -0.05) is 22.0 Å². The van der Waals surface area contributed by atoms with Crippen molar-refractivity contribution in [1.82, 2.24) is 15.1 Å². The smallest absolute Gasteiger partial charge is 0.251 e. The summed E-state index contributed by atoms with van der Waals surface area (Å²) in [5.41, 5.74) is 4.77. The summed E-state index contributed by atoms with van der Waals surface area (Å²) in [6.45, 7) is 6.39. The van der Waals surface area contributed by atoms with Gasteiger partial charge in [-0.25, -0.2) is 0 Å². The fraction of sp³-hybridized carbons (Fsp3) is 0.333. The number of halogens is 1. The van der Waals surface area contributed by atoms with Crippen molar-refractivity contribution in [2.75, 3.05) is 0 Å². The molecule has 0 aliphatic heterocycles. The van der Waals surface area contributed by atoms with Crippen LogP contribution in [-0.2, 0) is 13.6 Å². The molecule has 0 saturated heterocycles. The molecule has 5 heteroatoms. The summed E-state index contributed by atoms with van der Waals surface area (Å²) in [6.07, 6.45) is 0. The second kappa shape index (κ2) is 5.79. The number of nitrogens with one attached hydrogen (secondary N) is 1. The van der Waals surface area contributed by atoms with Gasteiger partial charge >= 0.3 is 0 Å². The number of amides is 1. The van der Waals surface area contributed by atoms with Crippen molar-refractivity contribution in [2.24, 2.45) is 7.05 Å². The van der Waals surface area contributed by atoms with E-state index in [0.717, 1.165) is 27.0 Å². The molecule has 0 unspecified atom stereocenters. The maximum absolute atomic E-state index is 12.3. The van der Waals surface area contributed by atoms with Crippen LogP contribution in [0.1, 0.15) is 32.9 Å². The Bertz CT molecular complexity index is 661. The first-order valence-corrected chi connectivity index (χ1v) is 7.23. The van der Waals surface area contributed by atoms with Crippen molar-refractivity contribution in [2.45, 2.75) is 27.3 Å². The van der Waals surface area contributed by atoms with Gasteiger partial charge in [0.15, 0.2) is 0 Å². The number of aromatic nitrogens is 2. The molecule has 0 aliphatic carbocycles. The van der Waals surface area contributed by atoms with E-state index in [1.54, 1.807) is 0 Å². The van der Waals surface area contributed by atoms with Gasteiger partial charge < -0.3 is 5.32 Å². The van der Waals surface area contributed by atoms with Crippen LogP contribution in [0.3, 0.4) is 0 Å². The fourth-order valence-corrected chi connectivity index (χ4v) is 2.54. The maximum Gasteiger partial charge on any atom is 0.251 e. The number of rotatable bonds is 3. The third-order valence-corrected chi connectivity index (χ3v) is 4.02. The van der Waals surface area contributed by atoms with Gasteiger partial charge in [0.2, 0.25) is 0 Å². The molecule has 4 nitrogen and oxygen atoms in total. The minimum Gasteiger partial charge on any atom is -0.348 e. The number of hydrogen-bond acceptors (Lipinski definition) is 2. The summed E-state index contributed by atoms with van der Waals surface area (Å²) in [7, 11) is 1.91. The molecule has 1 aromatic heterocycles. The van der Waals surface area contributed by atoms with Crippen LogP contribution in [0.15, 0.2) is 22.7 Å². The van der Waals surface area contributed by atoms with Crippen LogP contribution in [0.2, 0.25) is 0 Å². The highest BCUT2D eigenvalue weighted by Crippen LogP contribution is 2.17. The van der Waals surface area contributed by atoms with Crippen LogP contribution in [0.5, 0.6) is 0 Å². The van der Waals surface area contributed by atoms with Gasteiger partial charge in [-0.15, -0.1) is 0 Å². The van der Waals surface area contributed by atoms with E-state index in [-0.39, 0.29) is 5.91 Å². The Labute approximate surface area is 127 Å². The van der Waals surface area contributed by atoms with Crippen LogP contribution in [0.25, 0.3) is 0 Å². The Morgan fingerprint density at radius 1 is 1.35 bits per heavy atom. The van der Waals surface area contributed by atoms with Gasteiger partial charge in [0.05, 0.1) is 5.69 Å². The molecule has 20 heavy (non-hydrogen) atoms. The predicted molar refractivity (Wildman–Crippen MR) is 82.7 cm³/mol. The molecule has 2 rings (SSSR count). The third-order valence-electron chi connectivity index (χ3n) is 3.53. The Kier molecular flexibility index (Phi) is 4.28. The molecule has 106 valence electrons. The number of carbonyl (C=O) groups excluding carboxylic acids is 1. The average Bonchev–Trinajstić information content (AvgIpc) is 2.64. The highest BCUT2D eigenvalue weighted by Gasteiger charge is 2.13. The predicted octanol–water partition coefficient (Wildman–Crippen LogP) is 3.04. The number of nitrogens with zero attached hydrogens (tertiary/aromatic N) is 2. The van der Waals surface area contributed by atoms with Gasteiger partial charge in [0.1, 0.15) is 0 Å². The lowest BCUT2D eigenvalue weighted by Gasteiger charge is -2.08. The van der Waals surface area contributed by atoms with Crippen LogP contribution >= 0.6 is 15.9 Å². The van der Waals surface area contributed by atoms with Crippen LogP contribution in [-0.4, -0.2) is 15.7 Å². The molecule has 0 fully saturated rings. The number of hydrogen-bond donors (Lipinski definition) is 1. The van der Waals surface area contributed by atoms with Crippen LogP contribution in [0, 0.1) is 20.8 Å². The van der Waals surface area contributed by atoms with Gasteiger partial charge in [-0.3, -0.25) is 9.48 Å². The van der Waals surface area contributed by atoms with E-state index < -0.39 is 0 Å². The molecule has 2 aromatic rings. The maximum atomic E-state index is 12.3. The lowest BCUT2D eigenvalue weighted by Crippen LogP contribution is -2.24. The first-order chi connectivity index (χ1) is 9.40. The zero-order valence-electron chi connectivity index (χ0n) is 12.1. The number of carbonyl (C=O) groups is 1. The van der Waals surface area contributed by atoms with Gasteiger partial charge in [0.25, 0.3) is 5.91 Å². The lowest BCUT2D eigenvalue weighted by molar-refractivity contribution is 0.0950. The van der Waals surface area contributed by atoms with Crippen molar-refractivity contribution in [3.63, 3.8) is 0 Å². The first-order valence-electron chi connectivity index (χ1n) is 6.43. The SMILES string of the molecule is Cc1ccc(Br)cc1C(=O)NCc1c(C)nn(C)c1C. The largest absolute Gasteiger partial charge is 0.348 e. The highest BCUT2D eigenvalue weighted by molar-refractivity contribution is 9.10. The molecule has 0 radical (unpaired) electrons. The van der Waals surface area contributed by atoms with Crippen molar-refractivity contribution in [3.05, 3.63) is 50.8 Å². The van der Waals surface area contributed by atoms with E-state index in [1.165, 1.54) is 0 Å². The zero-order chi connectivity index (χ0) is 14.9. The van der Waals surface area contributed by atoms with Crippen molar-refractivity contribution < 1.29 is 4.79 Å². The van der Waals surface area contributed by atoms with Crippen molar-refractivity contribution >= 4 is 21.8 Å². The molecule has 1 heterocycles.